The van der Waals surface area contributed by atoms with E-state index in [-0.39, 0.29) is 11.7 Å². The van der Waals surface area contributed by atoms with E-state index in [1.54, 1.807) is 6.20 Å². The highest BCUT2D eigenvalue weighted by Gasteiger charge is 2.21. The van der Waals surface area contributed by atoms with Crippen LogP contribution < -0.4 is 0 Å². The average Bonchev–Trinajstić information content (AvgIpc) is 2.86. The molecule has 88 valence electrons. The fourth-order valence-corrected chi connectivity index (χ4v) is 2.82. The molecule has 0 aliphatic rings. The minimum absolute atomic E-state index is 0.167. The molecule has 0 fully saturated rings. The van der Waals surface area contributed by atoms with E-state index < -0.39 is 0 Å². The molecule has 0 saturated carbocycles. The predicted octanol–water partition coefficient (Wildman–Crippen LogP) is 3.69. The van der Waals surface area contributed by atoms with Gasteiger partial charge in [0, 0.05) is 6.20 Å². The van der Waals surface area contributed by atoms with Gasteiger partial charge in [-0.2, -0.15) is 0 Å². The van der Waals surface area contributed by atoms with E-state index in [0.29, 0.717) is 0 Å². The summed E-state index contributed by atoms with van der Waals surface area (Å²) in [6.07, 6.45) is 2.63. The van der Waals surface area contributed by atoms with Crippen molar-refractivity contribution in [3.05, 3.63) is 52.0 Å². The molecular weight excluding hydrogens is 230 g/mol. The number of hydrogen-bond acceptors (Lipinski definition) is 3. The fraction of sp³-hybridized carbons (Fsp3) is 0.286. The molecule has 0 radical (unpaired) electrons. The second-order valence-corrected chi connectivity index (χ2v) is 4.89. The molecule has 1 atom stereocenters. The summed E-state index contributed by atoms with van der Waals surface area (Å²) >= 11 is 1.53. The number of aromatic nitrogens is 1. The molecule has 0 spiro atoms. The maximum atomic E-state index is 12.4. The zero-order valence-corrected chi connectivity index (χ0v) is 10.8. The monoisotopic (exact) mass is 245 g/mol. The number of carbonyl (C=O) groups is 1. The molecule has 2 aromatic heterocycles. The third kappa shape index (κ3) is 2.44. The minimum atomic E-state index is -0.167. The standard InChI is InChI=1S/C14H15NOS/c1-3-11-7-9-17-14(11)13(16)10(2)12-6-4-5-8-15-12/h4-10H,3H2,1-2H3. The smallest absolute Gasteiger partial charge is 0.181 e. The van der Waals surface area contributed by atoms with Crippen molar-refractivity contribution in [2.45, 2.75) is 26.2 Å². The van der Waals surface area contributed by atoms with Crippen LogP contribution in [0.3, 0.4) is 0 Å². The SMILES string of the molecule is CCc1ccsc1C(=O)C(C)c1ccccn1. The molecule has 0 bridgehead atoms. The van der Waals surface area contributed by atoms with Gasteiger partial charge in [-0.25, -0.2) is 0 Å². The Hall–Kier alpha value is -1.48. The highest BCUT2D eigenvalue weighted by Crippen LogP contribution is 2.25. The Morgan fingerprint density at radius 1 is 1.41 bits per heavy atom. The first-order chi connectivity index (χ1) is 8.24. The van der Waals surface area contributed by atoms with Crippen molar-refractivity contribution in [1.82, 2.24) is 4.98 Å². The average molecular weight is 245 g/mol. The maximum Gasteiger partial charge on any atom is 0.181 e. The number of nitrogens with zero attached hydrogens (tertiary/aromatic N) is 1. The summed E-state index contributed by atoms with van der Waals surface area (Å²) in [5.41, 5.74) is 1.98. The van der Waals surface area contributed by atoms with Gasteiger partial charge in [-0.3, -0.25) is 9.78 Å². The third-order valence-corrected chi connectivity index (χ3v) is 3.85. The molecule has 0 aliphatic carbocycles. The Labute approximate surface area is 105 Å². The maximum absolute atomic E-state index is 12.4. The van der Waals surface area contributed by atoms with Crippen LogP contribution in [0.25, 0.3) is 0 Å². The molecule has 0 amide bonds. The number of pyridine rings is 1. The van der Waals surface area contributed by atoms with Gasteiger partial charge in [0.05, 0.1) is 16.5 Å². The molecule has 0 aromatic carbocycles. The Balaban J connectivity index is 2.27. The largest absolute Gasteiger partial charge is 0.293 e. The van der Waals surface area contributed by atoms with Crippen molar-refractivity contribution in [2.24, 2.45) is 0 Å². The van der Waals surface area contributed by atoms with Gasteiger partial charge in [-0.15, -0.1) is 11.3 Å². The fourth-order valence-electron chi connectivity index (χ4n) is 1.79. The quantitative estimate of drug-likeness (QED) is 0.769. The number of hydrogen-bond donors (Lipinski definition) is 0. The molecule has 0 N–H and O–H groups in total. The van der Waals surface area contributed by atoms with Gasteiger partial charge in [-0.1, -0.05) is 13.0 Å². The third-order valence-electron chi connectivity index (χ3n) is 2.88. The number of carbonyl (C=O) groups excluding carboxylic acids is 1. The van der Waals surface area contributed by atoms with Crippen LogP contribution in [0.4, 0.5) is 0 Å². The molecule has 3 heteroatoms. The van der Waals surface area contributed by atoms with Crippen molar-refractivity contribution >= 4 is 17.1 Å². The van der Waals surface area contributed by atoms with Crippen molar-refractivity contribution in [2.75, 3.05) is 0 Å². The van der Waals surface area contributed by atoms with Crippen molar-refractivity contribution in [3.8, 4) is 0 Å². The van der Waals surface area contributed by atoms with E-state index in [2.05, 4.69) is 11.9 Å². The zero-order valence-electron chi connectivity index (χ0n) is 10.0. The number of ketones is 1. The molecule has 2 rings (SSSR count). The number of thiophene rings is 1. The first kappa shape index (κ1) is 12.0. The minimum Gasteiger partial charge on any atom is -0.293 e. The first-order valence-corrected chi connectivity index (χ1v) is 6.63. The molecule has 2 heterocycles. The van der Waals surface area contributed by atoms with Crippen LogP contribution in [0.15, 0.2) is 35.8 Å². The lowest BCUT2D eigenvalue weighted by Crippen LogP contribution is -2.11. The molecular formula is C14H15NOS. The lowest BCUT2D eigenvalue weighted by atomic mass is 9.98. The Kier molecular flexibility index (Phi) is 3.69. The van der Waals surface area contributed by atoms with E-state index >= 15 is 0 Å². The van der Waals surface area contributed by atoms with Gasteiger partial charge in [0.15, 0.2) is 5.78 Å². The lowest BCUT2D eigenvalue weighted by molar-refractivity contribution is 0.0968. The normalized spacial score (nSPS) is 12.4. The summed E-state index contributed by atoms with van der Waals surface area (Å²) in [4.78, 5) is 17.5. The van der Waals surface area contributed by atoms with Crippen molar-refractivity contribution in [3.63, 3.8) is 0 Å². The molecule has 0 aliphatic heterocycles. The molecule has 0 saturated heterocycles. The van der Waals surface area contributed by atoms with Crippen LogP contribution in [0.1, 0.15) is 40.7 Å². The van der Waals surface area contributed by atoms with E-state index in [1.165, 1.54) is 11.3 Å². The lowest BCUT2D eigenvalue weighted by Gasteiger charge is -2.09. The van der Waals surface area contributed by atoms with Crippen LogP contribution >= 0.6 is 11.3 Å². The van der Waals surface area contributed by atoms with Crippen LogP contribution in [0, 0.1) is 0 Å². The Morgan fingerprint density at radius 3 is 2.88 bits per heavy atom. The summed E-state index contributed by atoms with van der Waals surface area (Å²) in [5.74, 6) is 0.00991. The highest BCUT2D eigenvalue weighted by molar-refractivity contribution is 7.12. The van der Waals surface area contributed by atoms with E-state index in [9.17, 15) is 4.79 Å². The van der Waals surface area contributed by atoms with Gasteiger partial charge >= 0.3 is 0 Å². The second kappa shape index (κ2) is 5.23. The molecule has 2 aromatic rings. The number of aryl methyl sites for hydroxylation is 1. The number of Topliss-reactive ketones (excluding diaryl/α,β-unsaturated/α-hetero) is 1. The molecule has 2 nitrogen and oxygen atoms in total. The number of rotatable bonds is 4. The predicted molar refractivity (Wildman–Crippen MR) is 70.7 cm³/mol. The Morgan fingerprint density at radius 2 is 2.24 bits per heavy atom. The summed E-state index contributed by atoms with van der Waals surface area (Å²) in [7, 11) is 0. The highest BCUT2D eigenvalue weighted by atomic mass is 32.1. The van der Waals surface area contributed by atoms with Gasteiger partial charge in [0.2, 0.25) is 0 Å². The van der Waals surface area contributed by atoms with Crippen molar-refractivity contribution in [1.29, 1.82) is 0 Å². The molecule has 1 unspecified atom stereocenters. The van der Waals surface area contributed by atoms with Gasteiger partial charge < -0.3 is 0 Å². The second-order valence-electron chi connectivity index (χ2n) is 3.97. The van der Waals surface area contributed by atoms with Crippen LogP contribution in [-0.4, -0.2) is 10.8 Å². The van der Waals surface area contributed by atoms with Gasteiger partial charge in [0.25, 0.3) is 0 Å². The summed E-state index contributed by atoms with van der Waals surface area (Å²) in [6, 6.07) is 7.72. The van der Waals surface area contributed by atoms with E-state index in [1.807, 2.05) is 36.6 Å². The first-order valence-electron chi connectivity index (χ1n) is 5.75. The van der Waals surface area contributed by atoms with Crippen LogP contribution in [-0.2, 0) is 6.42 Å². The van der Waals surface area contributed by atoms with Crippen LogP contribution in [0.2, 0.25) is 0 Å². The van der Waals surface area contributed by atoms with Gasteiger partial charge in [0.1, 0.15) is 0 Å². The van der Waals surface area contributed by atoms with Crippen molar-refractivity contribution < 1.29 is 4.79 Å². The van der Waals surface area contributed by atoms with Crippen LogP contribution in [0.5, 0.6) is 0 Å². The zero-order chi connectivity index (χ0) is 12.3. The topological polar surface area (TPSA) is 30.0 Å². The summed E-state index contributed by atoms with van der Waals surface area (Å²) < 4.78 is 0. The van der Waals surface area contributed by atoms with Gasteiger partial charge in [-0.05, 0) is 42.5 Å². The molecule has 17 heavy (non-hydrogen) atoms. The van der Waals surface area contributed by atoms with E-state index in [4.69, 9.17) is 0 Å². The summed E-state index contributed by atoms with van der Waals surface area (Å²) in [6.45, 7) is 3.99. The summed E-state index contributed by atoms with van der Waals surface area (Å²) in [5, 5.41) is 1.98. The van der Waals surface area contributed by atoms with E-state index in [0.717, 1.165) is 22.6 Å². The Bertz CT molecular complexity index is 504.